The molecule has 0 aliphatic carbocycles. The SMILES string of the molecule is CCCCCCC(=O)Nc1cc(C(=O)OCC)ccc1N1CCN(Cc2ccccc2)CC1. The van der Waals surface area contributed by atoms with Crippen LogP contribution in [0.2, 0.25) is 0 Å². The second-order valence-corrected chi connectivity index (χ2v) is 8.56. The Hall–Kier alpha value is -2.86. The number of ether oxygens (including phenoxy) is 1. The van der Waals surface area contributed by atoms with Crippen LogP contribution in [0.3, 0.4) is 0 Å². The first-order chi connectivity index (χ1) is 16.1. The number of nitrogens with one attached hydrogen (secondary N) is 1. The number of hydrogen-bond donors (Lipinski definition) is 1. The van der Waals surface area contributed by atoms with Crippen LogP contribution in [-0.4, -0.2) is 49.6 Å². The highest BCUT2D eigenvalue weighted by Gasteiger charge is 2.21. The first kappa shape index (κ1) is 24.8. The van der Waals surface area contributed by atoms with Crippen molar-refractivity contribution in [2.45, 2.75) is 52.5 Å². The third-order valence-corrected chi connectivity index (χ3v) is 6.00. The number of unbranched alkanes of at least 4 members (excludes halogenated alkanes) is 3. The zero-order chi connectivity index (χ0) is 23.5. The molecule has 0 radical (unpaired) electrons. The average Bonchev–Trinajstić information content (AvgIpc) is 2.83. The van der Waals surface area contributed by atoms with Crippen LogP contribution in [0, 0.1) is 0 Å². The summed E-state index contributed by atoms with van der Waals surface area (Å²) in [6, 6.07) is 16.0. The zero-order valence-electron chi connectivity index (χ0n) is 20.0. The van der Waals surface area contributed by atoms with Gasteiger partial charge in [0.2, 0.25) is 5.91 Å². The molecule has 3 rings (SSSR count). The first-order valence-electron chi connectivity index (χ1n) is 12.2. The third-order valence-electron chi connectivity index (χ3n) is 6.00. The highest BCUT2D eigenvalue weighted by Crippen LogP contribution is 2.29. The largest absolute Gasteiger partial charge is 0.462 e. The molecule has 1 amide bonds. The Morgan fingerprint density at radius 3 is 2.39 bits per heavy atom. The van der Waals surface area contributed by atoms with Gasteiger partial charge in [0.1, 0.15) is 0 Å². The second kappa shape index (κ2) is 13.0. The number of anilines is 2. The van der Waals surface area contributed by atoms with E-state index in [-0.39, 0.29) is 11.9 Å². The zero-order valence-corrected chi connectivity index (χ0v) is 20.0. The summed E-state index contributed by atoms with van der Waals surface area (Å²) in [5.74, 6) is -0.369. The lowest BCUT2D eigenvalue weighted by Crippen LogP contribution is -2.46. The molecule has 178 valence electrons. The summed E-state index contributed by atoms with van der Waals surface area (Å²) in [6.07, 6.45) is 4.72. The molecular formula is C27H37N3O3. The monoisotopic (exact) mass is 451 g/mol. The quantitative estimate of drug-likeness (QED) is 0.381. The van der Waals surface area contributed by atoms with Gasteiger partial charge in [0.15, 0.2) is 0 Å². The predicted molar refractivity (Wildman–Crippen MR) is 134 cm³/mol. The van der Waals surface area contributed by atoms with E-state index >= 15 is 0 Å². The van der Waals surface area contributed by atoms with Gasteiger partial charge in [-0.2, -0.15) is 0 Å². The Labute approximate surface area is 197 Å². The van der Waals surface area contributed by atoms with Crippen molar-refractivity contribution < 1.29 is 14.3 Å². The summed E-state index contributed by atoms with van der Waals surface area (Å²) < 4.78 is 5.16. The van der Waals surface area contributed by atoms with E-state index in [1.165, 1.54) is 5.56 Å². The number of rotatable bonds is 11. The van der Waals surface area contributed by atoms with Crippen LogP contribution in [-0.2, 0) is 16.1 Å². The molecule has 6 heteroatoms. The smallest absolute Gasteiger partial charge is 0.338 e. The van der Waals surface area contributed by atoms with Crippen molar-refractivity contribution >= 4 is 23.3 Å². The number of carbonyl (C=O) groups is 2. The molecule has 0 spiro atoms. The molecule has 1 aliphatic heterocycles. The average molecular weight is 452 g/mol. The van der Waals surface area contributed by atoms with E-state index in [4.69, 9.17) is 4.74 Å². The van der Waals surface area contributed by atoms with Gasteiger partial charge in [0, 0.05) is 39.1 Å². The van der Waals surface area contributed by atoms with Gasteiger partial charge in [-0.3, -0.25) is 9.69 Å². The molecule has 1 N–H and O–H groups in total. The van der Waals surface area contributed by atoms with E-state index in [0.717, 1.165) is 64.1 Å². The van der Waals surface area contributed by atoms with Crippen LogP contribution in [0.15, 0.2) is 48.5 Å². The Morgan fingerprint density at radius 1 is 0.939 bits per heavy atom. The Morgan fingerprint density at radius 2 is 1.70 bits per heavy atom. The van der Waals surface area contributed by atoms with Crippen LogP contribution in [0.5, 0.6) is 0 Å². The predicted octanol–water partition coefficient (Wildman–Crippen LogP) is 5.09. The minimum atomic E-state index is -0.366. The van der Waals surface area contributed by atoms with Gasteiger partial charge in [0.05, 0.1) is 23.5 Å². The van der Waals surface area contributed by atoms with Crippen molar-refractivity contribution in [3.8, 4) is 0 Å². The maximum Gasteiger partial charge on any atom is 0.338 e. The number of amides is 1. The van der Waals surface area contributed by atoms with Gasteiger partial charge in [-0.25, -0.2) is 4.79 Å². The first-order valence-corrected chi connectivity index (χ1v) is 12.2. The van der Waals surface area contributed by atoms with E-state index in [1.807, 2.05) is 12.1 Å². The molecule has 1 fully saturated rings. The van der Waals surface area contributed by atoms with Gasteiger partial charge in [-0.1, -0.05) is 56.5 Å². The topological polar surface area (TPSA) is 61.9 Å². The molecule has 1 heterocycles. The van der Waals surface area contributed by atoms with E-state index in [1.54, 1.807) is 19.1 Å². The van der Waals surface area contributed by atoms with Crippen LogP contribution >= 0.6 is 0 Å². The van der Waals surface area contributed by atoms with Gasteiger partial charge < -0.3 is 15.0 Å². The van der Waals surface area contributed by atoms with Gasteiger partial charge in [-0.05, 0) is 37.1 Å². The number of nitrogens with zero attached hydrogens (tertiary/aromatic N) is 2. The summed E-state index contributed by atoms with van der Waals surface area (Å²) in [4.78, 5) is 29.6. The van der Waals surface area contributed by atoms with Crippen molar-refractivity contribution in [1.82, 2.24) is 4.90 Å². The molecule has 0 bridgehead atoms. The molecule has 0 aromatic heterocycles. The van der Waals surface area contributed by atoms with Gasteiger partial charge >= 0.3 is 5.97 Å². The lowest BCUT2D eigenvalue weighted by Gasteiger charge is -2.37. The molecule has 1 saturated heterocycles. The van der Waals surface area contributed by atoms with Crippen LogP contribution in [0.25, 0.3) is 0 Å². The van der Waals surface area contributed by atoms with Gasteiger partial charge in [-0.15, -0.1) is 0 Å². The van der Waals surface area contributed by atoms with Crippen LogP contribution < -0.4 is 10.2 Å². The van der Waals surface area contributed by atoms with Crippen LogP contribution in [0.4, 0.5) is 11.4 Å². The van der Waals surface area contributed by atoms with Crippen molar-refractivity contribution in [1.29, 1.82) is 0 Å². The molecule has 6 nitrogen and oxygen atoms in total. The molecule has 2 aromatic rings. The number of esters is 1. The summed E-state index contributed by atoms with van der Waals surface area (Å²) in [5.41, 5.74) is 3.44. The highest BCUT2D eigenvalue weighted by atomic mass is 16.5. The maximum absolute atomic E-state index is 12.6. The molecule has 33 heavy (non-hydrogen) atoms. The third kappa shape index (κ3) is 7.60. The van der Waals surface area contributed by atoms with Crippen molar-refractivity contribution in [2.75, 3.05) is 43.0 Å². The fraction of sp³-hybridized carbons (Fsp3) is 0.481. The van der Waals surface area contributed by atoms with E-state index in [9.17, 15) is 9.59 Å². The molecular weight excluding hydrogens is 414 g/mol. The fourth-order valence-electron chi connectivity index (χ4n) is 4.17. The number of benzene rings is 2. The van der Waals surface area contributed by atoms with Crippen molar-refractivity contribution in [3.63, 3.8) is 0 Å². The molecule has 0 saturated carbocycles. The standard InChI is InChI=1S/C27H37N3O3/c1-3-5-6-10-13-26(31)28-24-20-23(27(32)33-4-2)14-15-25(24)30-18-16-29(17-19-30)21-22-11-8-7-9-12-22/h7-9,11-12,14-15,20H,3-6,10,13,16-19,21H2,1-2H3,(H,28,31). The van der Waals surface area contributed by atoms with Crippen molar-refractivity contribution in [2.24, 2.45) is 0 Å². The van der Waals surface area contributed by atoms with Crippen LogP contribution in [0.1, 0.15) is 61.9 Å². The fourth-order valence-corrected chi connectivity index (χ4v) is 4.17. The Kier molecular flexibility index (Phi) is 9.76. The van der Waals surface area contributed by atoms with E-state index in [0.29, 0.717) is 24.3 Å². The maximum atomic E-state index is 12.6. The Balaban J connectivity index is 1.68. The molecule has 0 unspecified atom stereocenters. The normalized spacial score (nSPS) is 14.2. The Bertz CT molecular complexity index is 893. The number of piperazine rings is 1. The number of carbonyl (C=O) groups excluding carboxylic acids is 2. The van der Waals surface area contributed by atoms with E-state index < -0.39 is 0 Å². The minimum absolute atomic E-state index is 0.00363. The molecule has 1 aliphatic rings. The summed E-state index contributed by atoms with van der Waals surface area (Å²) in [6.45, 7) is 8.84. The highest BCUT2D eigenvalue weighted by molar-refractivity contribution is 5.98. The summed E-state index contributed by atoms with van der Waals surface area (Å²) >= 11 is 0. The lowest BCUT2D eigenvalue weighted by molar-refractivity contribution is -0.116. The minimum Gasteiger partial charge on any atom is -0.462 e. The molecule has 2 aromatic carbocycles. The summed E-state index contributed by atoms with van der Waals surface area (Å²) in [5, 5.41) is 3.07. The van der Waals surface area contributed by atoms with Crippen molar-refractivity contribution in [3.05, 3.63) is 59.7 Å². The van der Waals surface area contributed by atoms with Gasteiger partial charge in [0.25, 0.3) is 0 Å². The lowest BCUT2D eigenvalue weighted by atomic mass is 10.1. The van der Waals surface area contributed by atoms with E-state index in [2.05, 4.69) is 46.3 Å². The molecule has 0 atom stereocenters. The second-order valence-electron chi connectivity index (χ2n) is 8.56. The number of hydrogen-bond acceptors (Lipinski definition) is 5. The summed E-state index contributed by atoms with van der Waals surface area (Å²) in [7, 11) is 0.